The number of likely N-dealkylation sites (N-methyl/N-ethyl adjacent to an activating group) is 5. The van der Waals surface area contributed by atoms with Crippen LogP contribution in [-0.2, 0) is 0 Å². The van der Waals surface area contributed by atoms with Gasteiger partial charge in [-0.1, -0.05) is 20.3 Å². The fourth-order valence-electron chi connectivity index (χ4n) is 10.7. The summed E-state index contributed by atoms with van der Waals surface area (Å²) in [5.74, 6) is 1.89. The van der Waals surface area contributed by atoms with Gasteiger partial charge in [0.1, 0.15) is 0 Å². The molecule has 69 heavy (non-hydrogen) atoms. The van der Waals surface area contributed by atoms with Crippen molar-refractivity contribution in [3.63, 3.8) is 0 Å². The van der Waals surface area contributed by atoms with E-state index in [4.69, 9.17) is 0 Å². The van der Waals surface area contributed by atoms with Gasteiger partial charge in [0.2, 0.25) is 0 Å². The molecule has 0 aliphatic carbocycles. The molecule has 0 spiro atoms. The summed E-state index contributed by atoms with van der Waals surface area (Å²) in [5.41, 5.74) is 0. The first-order valence-corrected chi connectivity index (χ1v) is 29.0. The van der Waals surface area contributed by atoms with Gasteiger partial charge in [0.15, 0.2) is 0 Å². The monoisotopic (exact) mass is 978 g/mol. The number of likely N-dealkylation sites (tertiary alicyclic amines) is 1. The maximum atomic E-state index is 2.62. The quantitative estimate of drug-likeness (QED) is 0.246. The average molecular weight is 979 g/mol. The van der Waals surface area contributed by atoms with Crippen molar-refractivity contribution in [2.45, 2.75) is 237 Å². The molecule has 3 unspecified atom stereocenters. The van der Waals surface area contributed by atoms with Gasteiger partial charge in [-0.05, 0) is 192 Å². The van der Waals surface area contributed by atoms with Gasteiger partial charge in [-0.2, -0.15) is 0 Å². The van der Waals surface area contributed by atoms with Crippen molar-refractivity contribution < 1.29 is 0 Å². The predicted octanol–water partition coefficient (Wildman–Crippen LogP) is 8.69. The van der Waals surface area contributed by atoms with E-state index < -0.39 is 0 Å². The molecule has 6 saturated heterocycles. The summed E-state index contributed by atoms with van der Waals surface area (Å²) in [6.07, 6.45) is 2.75. The Morgan fingerprint density at radius 1 is 0.319 bits per heavy atom. The molecular weight excluding hydrogens is 851 g/mol. The minimum atomic E-state index is 0.698. The normalized spacial score (nSPS) is 31.9. The molecule has 6 fully saturated rings. The predicted molar refractivity (Wildman–Crippen MR) is 307 cm³/mol. The Bertz CT molecular complexity index is 1160. The molecule has 6 heterocycles. The zero-order chi connectivity index (χ0) is 53.0. The largest absolute Gasteiger partial charge is 0.304 e. The van der Waals surface area contributed by atoms with Crippen LogP contribution in [0, 0.1) is 11.8 Å². The van der Waals surface area contributed by atoms with E-state index >= 15 is 0 Å². The van der Waals surface area contributed by atoms with Crippen molar-refractivity contribution in [2.75, 3.05) is 133 Å². The number of hydrogen-bond donors (Lipinski definition) is 0. The molecule has 0 N–H and O–H groups in total. The molecule has 11 nitrogen and oxygen atoms in total. The molecule has 6 rings (SSSR count). The highest BCUT2D eigenvalue weighted by Crippen LogP contribution is 2.26. The fourth-order valence-corrected chi connectivity index (χ4v) is 10.7. The molecular formula is C58H127N11. The number of rotatable bonds is 7. The zero-order valence-corrected chi connectivity index (χ0v) is 51.6. The van der Waals surface area contributed by atoms with Crippen molar-refractivity contribution in [1.82, 2.24) is 53.9 Å². The summed E-state index contributed by atoms with van der Waals surface area (Å²) in [6, 6.07) is 9.24. The average Bonchev–Trinajstić information content (AvgIpc) is 3.28. The molecule has 0 aromatic heterocycles. The summed E-state index contributed by atoms with van der Waals surface area (Å²) in [4.78, 5) is 27.6. The number of piperazine rings is 5. The van der Waals surface area contributed by atoms with E-state index in [0.717, 1.165) is 30.0 Å². The summed E-state index contributed by atoms with van der Waals surface area (Å²) < 4.78 is 0. The highest BCUT2D eigenvalue weighted by molar-refractivity contribution is 4.87. The van der Waals surface area contributed by atoms with Crippen LogP contribution in [0.3, 0.4) is 0 Å². The summed E-state index contributed by atoms with van der Waals surface area (Å²) in [5, 5.41) is 0. The summed E-state index contributed by atoms with van der Waals surface area (Å²) in [7, 11) is 11.1. The topological polar surface area (TPSA) is 35.6 Å². The number of hydrogen-bond acceptors (Lipinski definition) is 11. The highest BCUT2D eigenvalue weighted by Gasteiger charge is 2.30. The zero-order valence-electron chi connectivity index (χ0n) is 51.6. The Labute approximate surface area is 434 Å². The molecule has 11 heteroatoms. The molecule has 0 radical (unpaired) electrons. The van der Waals surface area contributed by atoms with Crippen LogP contribution in [0.5, 0.6) is 0 Å². The number of nitrogens with zero attached hydrogens (tertiary/aromatic N) is 11. The molecule has 6 aliphatic heterocycles. The van der Waals surface area contributed by atoms with Crippen LogP contribution in [-0.4, -0.2) is 266 Å². The molecule has 0 aromatic rings. The number of piperidine rings is 1. The lowest BCUT2D eigenvalue weighted by Gasteiger charge is -2.44. The Morgan fingerprint density at radius 2 is 0.594 bits per heavy atom. The van der Waals surface area contributed by atoms with E-state index in [1.54, 1.807) is 0 Å². The molecule has 9 atom stereocenters. The first-order chi connectivity index (χ1) is 32.0. The maximum absolute atomic E-state index is 2.62. The molecule has 0 aromatic carbocycles. The van der Waals surface area contributed by atoms with Crippen molar-refractivity contribution in [3.05, 3.63) is 0 Å². The van der Waals surface area contributed by atoms with Gasteiger partial charge in [-0.15, -0.1) is 0 Å². The van der Waals surface area contributed by atoms with Crippen molar-refractivity contribution in [3.8, 4) is 0 Å². The standard InChI is InChI=1S/C11H23N.3C10H22N2.C9H20N2.C8H18N2/c1-5-11-8-12(9(2)3)7-6-10(11)4;3*1-8(2)12-6-9(3)11(5)10(4)7-12;1-8(2)11-6-5-10(4)9(3)7-11;1-8(2)10-6-4-9(3)5-7-10/h9-11H,5-8H2,1-4H3;3*8-10H,6-7H2,1-5H3;8-9H,5-7H2,1-4H3;8H,4-7H2,1-3H3/t;2*9-,10+;9-,10-;;/m...1../s1. The van der Waals surface area contributed by atoms with Crippen LogP contribution in [0.15, 0.2) is 0 Å². The Balaban J connectivity index is 0.000000414. The summed E-state index contributed by atoms with van der Waals surface area (Å²) >= 11 is 0. The lowest BCUT2D eigenvalue weighted by Crippen LogP contribution is -2.56. The van der Waals surface area contributed by atoms with E-state index in [2.05, 4.69) is 235 Å². The summed E-state index contributed by atoms with van der Waals surface area (Å²) in [6.45, 7) is 66.9. The third-order valence-electron chi connectivity index (χ3n) is 17.7. The van der Waals surface area contributed by atoms with E-state index in [1.165, 1.54) is 111 Å². The second kappa shape index (κ2) is 33.5. The molecule has 6 aliphatic rings. The van der Waals surface area contributed by atoms with Crippen molar-refractivity contribution in [2.24, 2.45) is 11.8 Å². The molecule has 0 bridgehead atoms. The fraction of sp³-hybridized carbons (Fsp3) is 1.00. The minimum Gasteiger partial charge on any atom is -0.304 e. The smallest absolute Gasteiger partial charge is 0.0195 e. The minimum absolute atomic E-state index is 0.698. The van der Waals surface area contributed by atoms with Gasteiger partial charge in [0.05, 0.1) is 0 Å². The van der Waals surface area contributed by atoms with Gasteiger partial charge in [-0.25, -0.2) is 0 Å². The van der Waals surface area contributed by atoms with Crippen LogP contribution in [0.4, 0.5) is 0 Å². The van der Waals surface area contributed by atoms with Crippen LogP contribution >= 0.6 is 0 Å². The Hall–Kier alpha value is -0.440. The van der Waals surface area contributed by atoms with Crippen LogP contribution in [0.1, 0.15) is 158 Å². The van der Waals surface area contributed by atoms with Crippen LogP contribution in [0.2, 0.25) is 0 Å². The van der Waals surface area contributed by atoms with Crippen LogP contribution in [0.25, 0.3) is 0 Å². The lowest BCUT2D eigenvalue weighted by atomic mass is 9.85. The van der Waals surface area contributed by atoms with Gasteiger partial charge >= 0.3 is 0 Å². The van der Waals surface area contributed by atoms with Gasteiger partial charge in [-0.3, -0.25) is 39.2 Å². The Kier molecular flexibility index (Phi) is 32.3. The molecule has 0 saturated carbocycles. The second-order valence-corrected chi connectivity index (χ2v) is 25.1. The van der Waals surface area contributed by atoms with E-state index in [-0.39, 0.29) is 0 Å². The van der Waals surface area contributed by atoms with Gasteiger partial charge < -0.3 is 14.7 Å². The van der Waals surface area contributed by atoms with Gasteiger partial charge in [0, 0.05) is 170 Å². The Morgan fingerprint density at radius 3 is 0.870 bits per heavy atom. The van der Waals surface area contributed by atoms with Crippen molar-refractivity contribution >= 4 is 0 Å². The van der Waals surface area contributed by atoms with Crippen LogP contribution < -0.4 is 0 Å². The second-order valence-electron chi connectivity index (χ2n) is 25.1. The maximum Gasteiger partial charge on any atom is 0.0195 e. The first kappa shape index (κ1) is 66.6. The van der Waals surface area contributed by atoms with E-state index in [0.29, 0.717) is 60.4 Å². The highest BCUT2D eigenvalue weighted by atomic mass is 15.3. The van der Waals surface area contributed by atoms with Crippen molar-refractivity contribution in [1.29, 1.82) is 0 Å². The SMILES string of the molecule is CC(C)N1CCN(C)CC1.CC(C)N1C[C@@H](C)N(C)[C@@H](C)C1.CC(C)N1C[C@@H](C)N(C)[C@@H](C)C1.CC(C)N1C[C@@H](C)N(C)[C@H](C)C1.CC1CN(C(C)C)CCN1C.CCC1CN(C(C)C)CCC1C. The van der Waals surface area contributed by atoms with E-state index in [1.807, 2.05) is 0 Å². The third kappa shape index (κ3) is 24.2. The van der Waals surface area contributed by atoms with E-state index in [9.17, 15) is 0 Å². The molecule has 0 amide bonds. The lowest BCUT2D eigenvalue weighted by molar-refractivity contribution is 0.0424. The third-order valence-corrected chi connectivity index (χ3v) is 17.7. The van der Waals surface area contributed by atoms with Gasteiger partial charge in [0.25, 0.3) is 0 Å². The molecule has 414 valence electrons. The first-order valence-electron chi connectivity index (χ1n) is 29.0.